The summed E-state index contributed by atoms with van der Waals surface area (Å²) in [5.41, 5.74) is 0. The van der Waals surface area contributed by atoms with Gasteiger partial charge in [0.25, 0.3) is 0 Å². The van der Waals surface area contributed by atoms with E-state index in [1.54, 1.807) is 11.3 Å². The van der Waals surface area contributed by atoms with E-state index in [4.69, 9.17) is 11.6 Å². The van der Waals surface area contributed by atoms with Crippen molar-refractivity contribution in [3.63, 3.8) is 0 Å². The van der Waals surface area contributed by atoms with E-state index >= 15 is 0 Å². The molecule has 2 aromatic rings. The van der Waals surface area contributed by atoms with Crippen LogP contribution in [0.2, 0.25) is 4.34 Å². The van der Waals surface area contributed by atoms with Gasteiger partial charge in [-0.25, -0.2) is 0 Å². The molecule has 0 fully saturated rings. The lowest BCUT2D eigenvalue weighted by Gasteiger charge is -2.04. The largest absolute Gasteiger partial charge is 0.382 e. The Labute approximate surface area is 95.6 Å². The quantitative estimate of drug-likeness (QED) is 0.851. The molecule has 0 aliphatic carbocycles. The SMILES string of the molecule is Cc1ccc([C@H](O)c2ccc(Cl)s2)s1. The molecule has 0 aromatic carbocycles. The first kappa shape index (κ1) is 10.2. The molecule has 74 valence electrons. The van der Waals surface area contributed by atoms with Crippen molar-refractivity contribution in [3.8, 4) is 0 Å². The Kier molecular flexibility index (Phi) is 2.93. The lowest BCUT2D eigenvalue weighted by atomic mass is 10.2. The zero-order valence-electron chi connectivity index (χ0n) is 7.53. The smallest absolute Gasteiger partial charge is 0.122 e. The number of thiophene rings is 2. The van der Waals surface area contributed by atoms with E-state index in [-0.39, 0.29) is 0 Å². The normalized spacial score (nSPS) is 13.1. The lowest BCUT2D eigenvalue weighted by molar-refractivity contribution is 0.228. The van der Waals surface area contributed by atoms with Gasteiger partial charge >= 0.3 is 0 Å². The van der Waals surface area contributed by atoms with E-state index in [2.05, 4.69) is 0 Å². The molecule has 4 heteroatoms. The molecule has 0 unspecified atom stereocenters. The zero-order chi connectivity index (χ0) is 10.1. The second-order valence-electron chi connectivity index (χ2n) is 2.99. The molecule has 1 N–H and O–H groups in total. The average molecular weight is 245 g/mol. The third-order valence-corrected chi connectivity index (χ3v) is 4.23. The van der Waals surface area contributed by atoms with Crippen LogP contribution in [0.5, 0.6) is 0 Å². The average Bonchev–Trinajstić information content (AvgIpc) is 2.73. The van der Waals surface area contributed by atoms with Crippen LogP contribution in [0, 0.1) is 6.92 Å². The molecule has 0 amide bonds. The maximum atomic E-state index is 9.98. The summed E-state index contributed by atoms with van der Waals surface area (Å²) >= 11 is 8.84. The van der Waals surface area contributed by atoms with E-state index in [0.717, 1.165) is 9.75 Å². The molecule has 0 bridgehead atoms. The highest BCUT2D eigenvalue weighted by molar-refractivity contribution is 7.16. The summed E-state index contributed by atoms with van der Waals surface area (Å²) in [4.78, 5) is 3.08. The molecule has 0 saturated carbocycles. The molecule has 2 rings (SSSR count). The van der Waals surface area contributed by atoms with Crippen LogP contribution in [-0.2, 0) is 0 Å². The van der Waals surface area contributed by atoms with Crippen molar-refractivity contribution in [3.05, 3.63) is 43.2 Å². The maximum Gasteiger partial charge on any atom is 0.122 e. The molecule has 0 aliphatic heterocycles. The monoisotopic (exact) mass is 244 g/mol. The van der Waals surface area contributed by atoms with Crippen molar-refractivity contribution in [2.45, 2.75) is 13.0 Å². The topological polar surface area (TPSA) is 20.2 Å². The van der Waals surface area contributed by atoms with E-state index in [0.29, 0.717) is 4.34 Å². The molecule has 14 heavy (non-hydrogen) atoms. The minimum absolute atomic E-state index is 0.522. The van der Waals surface area contributed by atoms with Gasteiger partial charge in [0.1, 0.15) is 6.10 Å². The minimum atomic E-state index is -0.522. The first-order valence-corrected chi connectivity index (χ1v) is 6.17. The first-order chi connectivity index (χ1) is 6.66. The molecular weight excluding hydrogens is 236 g/mol. The van der Waals surface area contributed by atoms with Gasteiger partial charge in [0.15, 0.2) is 0 Å². The minimum Gasteiger partial charge on any atom is -0.382 e. The highest BCUT2D eigenvalue weighted by Gasteiger charge is 2.14. The number of aliphatic hydroxyl groups excluding tert-OH is 1. The van der Waals surface area contributed by atoms with E-state index in [9.17, 15) is 5.11 Å². The first-order valence-electron chi connectivity index (χ1n) is 4.16. The summed E-state index contributed by atoms with van der Waals surface area (Å²) in [7, 11) is 0. The van der Waals surface area contributed by atoms with Gasteiger partial charge in [0.2, 0.25) is 0 Å². The lowest BCUT2D eigenvalue weighted by Crippen LogP contribution is -1.92. The Balaban J connectivity index is 2.28. The molecule has 0 saturated heterocycles. The summed E-state index contributed by atoms with van der Waals surface area (Å²) in [6.07, 6.45) is -0.522. The molecule has 1 nitrogen and oxygen atoms in total. The van der Waals surface area contributed by atoms with Crippen LogP contribution < -0.4 is 0 Å². The predicted molar refractivity (Wildman–Crippen MR) is 62.4 cm³/mol. The van der Waals surface area contributed by atoms with Gasteiger partial charge in [-0.1, -0.05) is 11.6 Å². The van der Waals surface area contributed by atoms with E-state index in [1.165, 1.54) is 16.2 Å². The Bertz CT molecular complexity index is 393. The number of aliphatic hydroxyl groups is 1. The third kappa shape index (κ3) is 2.01. The van der Waals surface area contributed by atoms with Gasteiger partial charge in [0, 0.05) is 14.6 Å². The Morgan fingerprint density at radius 3 is 2.29 bits per heavy atom. The van der Waals surface area contributed by atoms with Gasteiger partial charge in [-0.15, -0.1) is 22.7 Å². The van der Waals surface area contributed by atoms with Crippen LogP contribution in [0.1, 0.15) is 20.7 Å². The van der Waals surface area contributed by atoms with Crippen LogP contribution in [0.4, 0.5) is 0 Å². The number of halogens is 1. The van der Waals surface area contributed by atoms with Gasteiger partial charge in [-0.05, 0) is 31.2 Å². The van der Waals surface area contributed by atoms with Crippen molar-refractivity contribution >= 4 is 34.3 Å². The predicted octanol–water partition coefficient (Wildman–Crippen LogP) is 3.85. The van der Waals surface area contributed by atoms with Crippen LogP contribution in [-0.4, -0.2) is 5.11 Å². The second kappa shape index (κ2) is 4.03. The number of hydrogen-bond donors (Lipinski definition) is 1. The maximum absolute atomic E-state index is 9.98. The summed E-state index contributed by atoms with van der Waals surface area (Å²) < 4.78 is 0.715. The molecular formula is C10H9ClOS2. The van der Waals surface area contributed by atoms with Crippen molar-refractivity contribution < 1.29 is 5.11 Å². The molecule has 0 radical (unpaired) electrons. The van der Waals surface area contributed by atoms with Gasteiger partial charge in [-0.3, -0.25) is 0 Å². The van der Waals surface area contributed by atoms with Crippen molar-refractivity contribution in [1.82, 2.24) is 0 Å². The van der Waals surface area contributed by atoms with Gasteiger partial charge in [-0.2, -0.15) is 0 Å². The molecule has 0 spiro atoms. The number of hydrogen-bond acceptors (Lipinski definition) is 3. The molecule has 2 aromatic heterocycles. The zero-order valence-corrected chi connectivity index (χ0v) is 9.92. The summed E-state index contributed by atoms with van der Waals surface area (Å²) in [6.45, 7) is 2.03. The molecule has 2 heterocycles. The van der Waals surface area contributed by atoms with Crippen LogP contribution >= 0.6 is 34.3 Å². The highest BCUT2D eigenvalue weighted by atomic mass is 35.5. The fourth-order valence-electron chi connectivity index (χ4n) is 1.22. The van der Waals surface area contributed by atoms with Crippen molar-refractivity contribution in [1.29, 1.82) is 0 Å². The summed E-state index contributed by atoms with van der Waals surface area (Å²) in [5.74, 6) is 0. The van der Waals surface area contributed by atoms with Crippen LogP contribution in [0.25, 0.3) is 0 Å². The van der Waals surface area contributed by atoms with E-state index < -0.39 is 6.10 Å². The van der Waals surface area contributed by atoms with Crippen LogP contribution in [0.15, 0.2) is 24.3 Å². The summed E-state index contributed by atoms with van der Waals surface area (Å²) in [6, 6.07) is 7.65. The Morgan fingerprint density at radius 2 is 1.79 bits per heavy atom. The standard InChI is InChI=1S/C10H9ClOS2/c1-6-2-3-7(13-6)10(12)8-4-5-9(11)14-8/h2-5,10,12H,1H3/t10-/m0/s1. The fourth-order valence-corrected chi connectivity index (χ4v) is 3.24. The number of aryl methyl sites for hydroxylation is 1. The van der Waals surface area contributed by atoms with Crippen molar-refractivity contribution in [2.24, 2.45) is 0 Å². The van der Waals surface area contributed by atoms with Gasteiger partial charge < -0.3 is 5.11 Å². The third-order valence-electron chi connectivity index (χ3n) is 1.89. The molecule has 1 atom stereocenters. The number of rotatable bonds is 2. The Hall–Kier alpha value is -0.350. The van der Waals surface area contributed by atoms with Gasteiger partial charge in [0.05, 0.1) is 4.34 Å². The van der Waals surface area contributed by atoms with Crippen LogP contribution in [0.3, 0.4) is 0 Å². The summed E-state index contributed by atoms with van der Waals surface area (Å²) in [5, 5.41) is 9.98. The van der Waals surface area contributed by atoms with E-state index in [1.807, 2.05) is 31.2 Å². The van der Waals surface area contributed by atoms with Crippen molar-refractivity contribution in [2.75, 3.05) is 0 Å². The highest BCUT2D eigenvalue weighted by Crippen LogP contribution is 2.33. The Morgan fingerprint density at radius 1 is 1.14 bits per heavy atom. The second-order valence-corrected chi connectivity index (χ2v) is 6.06. The fraction of sp³-hybridized carbons (Fsp3) is 0.200. The molecule has 0 aliphatic rings.